The molecular formula is C22H32N4OS. The highest BCUT2D eigenvalue weighted by atomic mass is 32.1. The van der Waals surface area contributed by atoms with E-state index in [2.05, 4.69) is 52.0 Å². The van der Waals surface area contributed by atoms with E-state index in [9.17, 15) is 0 Å². The molecule has 1 aliphatic rings. The third-order valence-electron chi connectivity index (χ3n) is 5.23. The molecule has 2 N–H and O–H groups in total. The van der Waals surface area contributed by atoms with Crippen molar-refractivity contribution in [2.45, 2.75) is 31.9 Å². The molecule has 0 saturated carbocycles. The smallest absolute Gasteiger partial charge is 0.191 e. The molecule has 2 heterocycles. The Bertz CT molecular complexity index is 719. The Morgan fingerprint density at radius 3 is 2.79 bits per heavy atom. The molecule has 3 rings (SSSR count). The number of nitrogens with one attached hydrogen (secondary N) is 2. The molecule has 0 aliphatic carbocycles. The molecule has 1 aromatic carbocycles. The van der Waals surface area contributed by atoms with Crippen molar-refractivity contribution in [1.29, 1.82) is 0 Å². The molecule has 6 heteroatoms. The number of likely N-dealkylation sites (tertiary alicyclic amines) is 1. The lowest BCUT2D eigenvalue weighted by molar-refractivity contribution is 0.125. The van der Waals surface area contributed by atoms with E-state index in [0.717, 1.165) is 18.3 Å². The van der Waals surface area contributed by atoms with E-state index in [0.29, 0.717) is 18.5 Å². The second kappa shape index (κ2) is 10.5. The first kappa shape index (κ1) is 20.7. The monoisotopic (exact) mass is 400 g/mol. The van der Waals surface area contributed by atoms with Crippen LogP contribution in [0.3, 0.4) is 0 Å². The fraction of sp³-hybridized carbons (Fsp3) is 0.500. The number of nitrogens with zero attached hydrogens (tertiary/aromatic N) is 2. The third kappa shape index (κ3) is 5.72. The summed E-state index contributed by atoms with van der Waals surface area (Å²) in [6, 6.07) is 14.8. The second-order valence-electron chi connectivity index (χ2n) is 7.42. The summed E-state index contributed by atoms with van der Waals surface area (Å²) in [5.41, 5.74) is 0. The summed E-state index contributed by atoms with van der Waals surface area (Å²) < 4.78 is 5.93. The highest BCUT2D eigenvalue weighted by Gasteiger charge is 2.31. The maximum Gasteiger partial charge on any atom is 0.191 e. The number of para-hydroxylation sites is 1. The molecule has 1 aromatic heterocycles. The summed E-state index contributed by atoms with van der Waals surface area (Å²) in [5, 5.41) is 9.10. The van der Waals surface area contributed by atoms with Gasteiger partial charge in [0.2, 0.25) is 0 Å². The zero-order valence-corrected chi connectivity index (χ0v) is 17.9. The molecule has 3 unspecified atom stereocenters. The Labute approximate surface area is 172 Å². The van der Waals surface area contributed by atoms with Gasteiger partial charge in [-0.1, -0.05) is 24.3 Å². The van der Waals surface area contributed by atoms with Gasteiger partial charge in [-0.25, -0.2) is 0 Å². The molecule has 5 nitrogen and oxygen atoms in total. The van der Waals surface area contributed by atoms with Crippen molar-refractivity contribution < 1.29 is 4.74 Å². The van der Waals surface area contributed by atoms with Gasteiger partial charge in [-0.2, -0.15) is 0 Å². The third-order valence-corrected chi connectivity index (χ3v) is 6.18. The maximum absolute atomic E-state index is 5.93. The van der Waals surface area contributed by atoms with Crippen molar-refractivity contribution in [3.05, 3.63) is 52.7 Å². The summed E-state index contributed by atoms with van der Waals surface area (Å²) in [6.07, 6.45) is 2.55. The van der Waals surface area contributed by atoms with Crippen molar-refractivity contribution in [1.82, 2.24) is 15.5 Å². The first-order valence-electron chi connectivity index (χ1n) is 10.1. The summed E-state index contributed by atoms with van der Waals surface area (Å²) in [4.78, 5) is 8.34. The molecule has 1 fully saturated rings. The van der Waals surface area contributed by atoms with Crippen LogP contribution in [0, 0.1) is 5.92 Å². The van der Waals surface area contributed by atoms with E-state index in [4.69, 9.17) is 4.74 Å². The van der Waals surface area contributed by atoms with Gasteiger partial charge in [0.05, 0.1) is 6.54 Å². The lowest BCUT2D eigenvalue weighted by atomic mass is 9.88. The van der Waals surface area contributed by atoms with Crippen molar-refractivity contribution >= 4 is 17.3 Å². The highest BCUT2D eigenvalue weighted by Crippen LogP contribution is 2.36. The van der Waals surface area contributed by atoms with Crippen LogP contribution in [0.5, 0.6) is 5.75 Å². The van der Waals surface area contributed by atoms with Crippen molar-refractivity contribution in [2.75, 3.05) is 33.7 Å². The summed E-state index contributed by atoms with van der Waals surface area (Å²) in [5.74, 6) is 2.30. The van der Waals surface area contributed by atoms with Gasteiger partial charge in [0, 0.05) is 24.5 Å². The number of hydrogen-bond acceptors (Lipinski definition) is 4. The molecule has 152 valence electrons. The lowest BCUT2D eigenvalue weighted by Crippen LogP contribution is -2.46. The van der Waals surface area contributed by atoms with Gasteiger partial charge in [0.15, 0.2) is 5.96 Å². The predicted octanol–water partition coefficient (Wildman–Crippen LogP) is 3.76. The van der Waals surface area contributed by atoms with Gasteiger partial charge >= 0.3 is 0 Å². The van der Waals surface area contributed by atoms with Gasteiger partial charge in [-0.3, -0.25) is 9.89 Å². The standard InChI is InChI=1S/C22H32N4OS/c1-17(27-19-10-5-4-6-11-19)15-24-22(23-2)25-16-18-9-7-13-26(3)21(18)20-12-8-14-28-20/h4-6,8,10-12,14,17-18,21H,7,9,13,15-16H2,1-3H3,(H2,23,24,25). The molecule has 1 saturated heterocycles. The first-order chi connectivity index (χ1) is 13.7. The topological polar surface area (TPSA) is 48.9 Å². The maximum atomic E-state index is 5.93. The Morgan fingerprint density at radius 1 is 1.25 bits per heavy atom. The van der Waals surface area contributed by atoms with Crippen molar-refractivity contribution in [2.24, 2.45) is 10.9 Å². The van der Waals surface area contributed by atoms with E-state index in [1.807, 2.05) is 48.7 Å². The number of guanidine groups is 1. The fourth-order valence-corrected chi connectivity index (χ4v) is 4.83. The predicted molar refractivity (Wildman–Crippen MR) is 118 cm³/mol. The number of rotatable bonds is 7. The summed E-state index contributed by atoms with van der Waals surface area (Å²) in [6.45, 7) is 4.85. The molecule has 0 amide bonds. The van der Waals surface area contributed by atoms with Crippen molar-refractivity contribution in [3.8, 4) is 5.75 Å². The van der Waals surface area contributed by atoms with E-state index < -0.39 is 0 Å². The zero-order chi connectivity index (χ0) is 19.8. The van der Waals surface area contributed by atoms with Crippen molar-refractivity contribution in [3.63, 3.8) is 0 Å². The molecule has 3 atom stereocenters. The Hall–Kier alpha value is -2.05. The average Bonchev–Trinajstić information content (AvgIpc) is 3.23. The molecule has 0 bridgehead atoms. The van der Waals surface area contributed by atoms with Gasteiger partial charge in [0.25, 0.3) is 0 Å². The van der Waals surface area contributed by atoms with Crippen LogP contribution in [0.15, 0.2) is 52.8 Å². The molecule has 0 radical (unpaired) electrons. The van der Waals surface area contributed by atoms with E-state index >= 15 is 0 Å². The largest absolute Gasteiger partial charge is 0.489 e. The fourth-order valence-electron chi connectivity index (χ4n) is 3.84. The Kier molecular flexibility index (Phi) is 7.74. The second-order valence-corrected chi connectivity index (χ2v) is 8.40. The highest BCUT2D eigenvalue weighted by molar-refractivity contribution is 7.10. The summed E-state index contributed by atoms with van der Waals surface area (Å²) in [7, 11) is 4.06. The van der Waals surface area contributed by atoms with E-state index in [1.165, 1.54) is 24.3 Å². The van der Waals surface area contributed by atoms with Crippen LogP contribution in [0.1, 0.15) is 30.7 Å². The van der Waals surface area contributed by atoms with E-state index in [1.54, 1.807) is 0 Å². The van der Waals surface area contributed by atoms with Crippen LogP contribution in [0.25, 0.3) is 0 Å². The molecule has 2 aromatic rings. The van der Waals surface area contributed by atoms with Gasteiger partial charge < -0.3 is 15.4 Å². The number of piperidine rings is 1. The van der Waals surface area contributed by atoms with Gasteiger partial charge in [-0.05, 0) is 62.9 Å². The zero-order valence-electron chi connectivity index (χ0n) is 17.1. The van der Waals surface area contributed by atoms with Crippen LogP contribution < -0.4 is 15.4 Å². The molecule has 28 heavy (non-hydrogen) atoms. The number of ether oxygens (including phenoxy) is 1. The molecule has 0 spiro atoms. The first-order valence-corrected chi connectivity index (χ1v) is 10.9. The van der Waals surface area contributed by atoms with Crippen LogP contribution in [0.2, 0.25) is 0 Å². The van der Waals surface area contributed by atoms with Gasteiger partial charge in [-0.15, -0.1) is 11.3 Å². The summed E-state index contributed by atoms with van der Waals surface area (Å²) >= 11 is 1.86. The molecular weight excluding hydrogens is 368 g/mol. The van der Waals surface area contributed by atoms with Crippen LogP contribution in [-0.2, 0) is 0 Å². The minimum absolute atomic E-state index is 0.0561. The lowest BCUT2D eigenvalue weighted by Gasteiger charge is -2.39. The minimum Gasteiger partial charge on any atom is -0.489 e. The normalized spacial score (nSPS) is 21.9. The number of benzene rings is 1. The van der Waals surface area contributed by atoms with Crippen LogP contribution >= 0.6 is 11.3 Å². The van der Waals surface area contributed by atoms with Crippen LogP contribution in [-0.4, -0.2) is 50.7 Å². The van der Waals surface area contributed by atoms with Gasteiger partial charge in [0.1, 0.15) is 11.9 Å². The quantitative estimate of drug-likeness (QED) is 0.549. The van der Waals surface area contributed by atoms with Crippen LogP contribution in [0.4, 0.5) is 0 Å². The Balaban J connectivity index is 1.49. The molecule has 1 aliphatic heterocycles. The number of hydrogen-bond donors (Lipinski definition) is 2. The average molecular weight is 401 g/mol. The Morgan fingerprint density at radius 2 is 2.07 bits per heavy atom. The SMILES string of the molecule is CN=C(NCC(C)Oc1ccccc1)NCC1CCCN(C)C1c1cccs1. The number of thiophene rings is 1. The van der Waals surface area contributed by atoms with E-state index in [-0.39, 0.29) is 6.10 Å². The number of aliphatic imine (C=N–C) groups is 1. The minimum atomic E-state index is 0.0561.